The van der Waals surface area contributed by atoms with Gasteiger partial charge in [-0.2, -0.15) is 12.6 Å². The lowest BCUT2D eigenvalue weighted by molar-refractivity contribution is -0.131. The number of carbonyl (C=O) groups is 1. The number of rotatable bonds is 3. The van der Waals surface area contributed by atoms with Gasteiger partial charge in [0.2, 0.25) is 5.91 Å². The van der Waals surface area contributed by atoms with E-state index >= 15 is 0 Å². The van der Waals surface area contributed by atoms with Crippen molar-refractivity contribution in [2.75, 3.05) is 18.8 Å². The third kappa shape index (κ3) is 2.49. The van der Waals surface area contributed by atoms with Crippen molar-refractivity contribution in [2.24, 2.45) is 10.8 Å². The van der Waals surface area contributed by atoms with E-state index < -0.39 is 0 Å². The standard InChI is InChI=1S/C12H21NOS/c1-11(2)5-6-13(8-11)10(14)7-12(9-15)3-4-12/h15H,3-9H2,1-2H3. The zero-order valence-electron chi connectivity index (χ0n) is 9.75. The highest BCUT2D eigenvalue weighted by molar-refractivity contribution is 7.80. The number of amides is 1. The Morgan fingerprint density at radius 2 is 2.00 bits per heavy atom. The van der Waals surface area contributed by atoms with Crippen molar-refractivity contribution < 1.29 is 4.79 Å². The molecule has 1 saturated carbocycles. The van der Waals surface area contributed by atoms with Crippen LogP contribution in [-0.4, -0.2) is 29.6 Å². The van der Waals surface area contributed by atoms with Crippen LogP contribution >= 0.6 is 12.6 Å². The Bertz CT molecular complexity index is 271. The van der Waals surface area contributed by atoms with Crippen LogP contribution in [0.4, 0.5) is 0 Å². The van der Waals surface area contributed by atoms with Crippen molar-refractivity contribution in [3.63, 3.8) is 0 Å². The second-order valence-electron chi connectivity index (χ2n) is 6.06. The SMILES string of the molecule is CC1(C)CCN(C(=O)CC2(CS)CC2)C1. The fourth-order valence-electron chi connectivity index (χ4n) is 2.33. The van der Waals surface area contributed by atoms with Gasteiger partial charge in [-0.05, 0) is 35.8 Å². The Labute approximate surface area is 97.8 Å². The lowest BCUT2D eigenvalue weighted by atomic mass is 9.93. The number of hydrogen-bond acceptors (Lipinski definition) is 2. The van der Waals surface area contributed by atoms with Gasteiger partial charge in [-0.3, -0.25) is 4.79 Å². The summed E-state index contributed by atoms with van der Waals surface area (Å²) in [5.74, 6) is 1.22. The van der Waals surface area contributed by atoms with Gasteiger partial charge in [0.15, 0.2) is 0 Å². The van der Waals surface area contributed by atoms with Crippen LogP contribution in [0.3, 0.4) is 0 Å². The molecule has 86 valence electrons. The molecule has 0 spiro atoms. The molecule has 0 N–H and O–H groups in total. The van der Waals surface area contributed by atoms with Crippen molar-refractivity contribution in [1.29, 1.82) is 0 Å². The van der Waals surface area contributed by atoms with E-state index in [0.717, 1.165) is 31.7 Å². The molecule has 1 amide bonds. The van der Waals surface area contributed by atoms with Crippen molar-refractivity contribution in [2.45, 2.75) is 39.5 Å². The number of nitrogens with zero attached hydrogens (tertiary/aromatic N) is 1. The minimum Gasteiger partial charge on any atom is -0.342 e. The average Bonchev–Trinajstić information content (AvgIpc) is 2.84. The van der Waals surface area contributed by atoms with Gasteiger partial charge in [0.1, 0.15) is 0 Å². The summed E-state index contributed by atoms with van der Waals surface area (Å²) >= 11 is 4.34. The first-order chi connectivity index (χ1) is 6.96. The van der Waals surface area contributed by atoms with Crippen molar-refractivity contribution >= 4 is 18.5 Å². The van der Waals surface area contributed by atoms with E-state index in [9.17, 15) is 4.79 Å². The van der Waals surface area contributed by atoms with E-state index in [1.54, 1.807) is 0 Å². The molecule has 15 heavy (non-hydrogen) atoms. The Hall–Kier alpha value is -0.180. The number of carbonyl (C=O) groups excluding carboxylic acids is 1. The largest absolute Gasteiger partial charge is 0.342 e. The van der Waals surface area contributed by atoms with E-state index in [-0.39, 0.29) is 5.41 Å². The van der Waals surface area contributed by atoms with Crippen LogP contribution in [0.15, 0.2) is 0 Å². The highest BCUT2D eigenvalue weighted by atomic mass is 32.1. The molecular formula is C12H21NOS. The van der Waals surface area contributed by atoms with Gasteiger partial charge < -0.3 is 4.90 Å². The van der Waals surface area contributed by atoms with Gasteiger partial charge in [-0.1, -0.05) is 13.8 Å². The summed E-state index contributed by atoms with van der Waals surface area (Å²) in [5, 5.41) is 0. The van der Waals surface area contributed by atoms with Crippen LogP contribution in [0.25, 0.3) is 0 Å². The maximum atomic E-state index is 12.0. The molecule has 2 fully saturated rings. The van der Waals surface area contributed by atoms with Gasteiger partial charge in [0, 0.05) is 19.5 Å². The summed E-state index contributed by atoms with van der Waals surface area (Å²) in [7, 11) is 0. The predicted molar refractivity (Wildman–Crippen MR) is 65.1 cm³/mol. The normalized spacial score (nSPS) is 26.7. The highest BCUT2D eigenvalue weighted by Crippen LogP contribution is 2.50. The number of thiol groups is 1. The number of hydrogen-bond donors (Lipinski definition) is 1. The maximum Gasteiger partial charge on any atom is 0.223 e. The quantitative estimate of drug-likeness (QED) is 0.734. The van der Waals surface area contributed by atoms with Crippen LogP contribution in [0.2, 0.25) is 0 Å². The molecule has 1 aliphatic carbocycles. The molecule has 0 atom stereocenters. The molecule has 3 heteroatoms. The predicted octanol–water partition coefficient (Wildman–Crippen LogP) is 2.35. The van der Waals surface area contributed by atoms with Crippen molar-refractivity contribution in [3.05, 3.63) is 0 Å². The summed E-state index contributed by atoms with van der Waals surface area (Å²) < 4.78 is 0. The van der Waals surface area contributed by atoms with Crippen LogP contribution in [0.5, 0.6) is 0 Å². The third-order valence-corrected chi connectivity index (χ3v) is 4.52. The van der Waals surface area contributed by atoms with Gasteiger partial charge in [0.25, 0.3) is 0 Å². The Balaban J connectivity index is 1.87. The van der Waals surface area contributed by atoms with E-state index in [2.05, 4.69) is 26.5 Å². The first-order valence-electron chi connectivity index (χ1n) is 5.85. The second kappa shape index (κ2) is 3.69. The first-order valence-corrected chi connectivity index (χ1v) is 6.48. The Kier molecular flexibility index (Phi) is 2.78. The summed E-state index contributed by atoms with van der Waals surface area (Å²) in [4.78, 5) is 14.1. The molecule has 0 aromatic carbocycles. The molecule has 1 heterocycles. The molecule has 0 unspecified atom stereocenters. The minimum absolute atomic E-state index is 0.271. The molecule has 2 rings (SSSR count). The molecule has 1 saturated heterocycles. The molecule has 1 aliphatic heterocycles. The Morgan fingerprint density at radius 1 is 1.33 bits per heavy atom. The van der Waals surface area contributed by atoms with Crippen LogP contribution in [0.1, 0.15) is 39.5 Å². The lowest BCUT2D eigenvalue weighted by Gasteiger charge is -2.22. The zero-order valence-corrected chi connectivity index (χ0v) is 10.6. The van der Waals surface area contributed by atoms with Crippen LogP contribution in [-0.2, 0) is 4.79 Å². The van der Waals surface area contributed by atoms with E-state index in [4.69, 9.17) is 0 Å². The smallest absolute Gasteiger partial charge is 0.223 e. The van der Waals surface area contributed by atoms with Crippen molar-refractivity contribution in [3.8, 4) is 0 Å². The lowest BCUT2D eigenvalue weighted by Crippen LogP contribution is -2.32. The van der Waals surface area contributed by atoms with Gasteiger partial charge in [0.05, 0.1) is 0 Å². The second-order valence-corrected chi connectivity index (χ2v) is 6.38. The fourth-order valence-corrected chi connectivity index (χ4v) is 2.75. The molecule has 0 bridgehead atoms. The molecule has 0 radical (unpaired) electrons. The van der Waals surface area contributed by atoms with Gasteiger partial charge in [-0.25, -0.2) is 0 Å². The summed E-state index contributed by atoms with van der Waals surface area (Å²) in [6, 6.07) is 0. The molecule has 0 aromatic rings. The molecule has 0 aromatic heterocycles. The van der Waals surface area contributed by atoms with Crippen molar-refractivity contribution in [1.82, 2.24) is 4.90 Å². The maximum absolute atomic E-state index is 12.0. The topological polar surface area (TPSA) is 20.3 Å². The third-order valence-electron chi connectivity index (χ3n) is 3.85. The highest BCUT2D eigenvalue weighted by Gasteiger charge is 2.44. The Morgan fingerprint density at radius 3 is 2.40 bits per heavy atom. The summed E-state index contributed by atoms with van der Waals surface area (Å²) in [6.45, 7) is 6.38. The van der Waals surface area contributed by atoms with Gasteiger partial charge >= 0.3 is 0 Å². The van der Waals surface area contributed by atoms with Crippen LogP contribution in [0, 0.1) is 10.8 Å². The monoisotopic (exact) mass is 227 g/mol. The molecule has 2 nitrogen and oxygen atoms in total. The zero-order chi connectivity index (χ0) is 11.1. The average molecular weight is 227 g/mol. The molecule has 2 aliphatic rings. The first kappa shape index (κ1) is 11.3. The van der Waals surface area contributed by atoms with E-state index in [1.165, 1.54) is 12.8 Å². The fraction of sp³-hybridized carbons (Fsp3) is 0.917. The van der Waals surface area contributed by atoms with E-state index in [0.29, 0.717) is 11.3 Å². The number of likely N-dealkylation sites (tertiary alicyclic amines) is 1. The van der Waals surface area contributed by atoms with Crippen LogP contribution < -0.4 is 0 Å². The summed E-state index contributed by atoms with van der Waals surface area (Å²) in [5.41, 5.74) is 0.597. The minimum atomic E-state index is 0.271. The molecular weight excluding hydrogens is 206 g/mol. The van der Waals surface area contributed by atoms with E-state index in [1.807, 2.05) is 4.90 Å². The summed E-state index contributed by atoms with van der Waals surface area (Å²) in [6.07, 6.45) is 4.26. The van der Waals surface area contributed by atoms with Gasteiger partial charge in [-0.15, -0.1) is 0 Å².